The third-order valence-electron chi connectivity index (χ3n) is 5.87. The third-order valence-corrected chi connectivity index (χ3v) is 6.27. The SMILES string of the molecule is O=[SH](=O)OC(NCCCCN1CCN(c2ccccn2)CC1)C1CCCCC1. The molecule has 1 atom stereocenters. The van der Waals surface area contributed by atoms with Gasteiger partial charge in [-0.2, -0.15) is 0 Å². The van der Waals surface area contributed by atoms with Gasteiger partial charge in [-0.3, -0.25) is 14.4 Å². The van der Waals surface area contributed by atoms with E-state index in [4.69, 9.17) is 4.18 Å². The molecule has 1 aliphatic heterocycles. The van der Waals surface area contributed by atoms with Gasteiger partial charge in [-0.05, 0) is 56.8 Å². The van der Waals surface area contributed by atoms with Gasteiger partial charge in [0.1, 0.15) is 12.0 Å². The highest BCUT2D eigenvalue weighted by molar-refractivity contribution is 7.67. The molecular formula is C20H34N4O3S. The average Bonchev–Trinajstić information content (AvgIpc) is 2.74. The fourth-order valence-corrected chi connectivity index (χ4v) is 4.70. The Balaban J connectivity index is 1.30. The second kappa shape index (κ2) is 11.7. The highest BCUT2D eigenvalue weighted by Crippen LogP contribution is 2.27. The van der Waals surface area contributed by atoms with E-state index in [-0.39, 0.29) is 6.23 Å². The van der Waals surface area contributed by atoms with Gasteiger partial charge in [0, 0.05) is 32.4 Å². The molecule has 158 valence electrons. The van der Waals surface area contributed by atoms with E-state index >= 15 is 0 Å². The summed E-state index contributed by atoms with van der Waals surface area (Å²) in [6.07, 6.45) is 9.35. The first-order chi connectivity index (χ1) is 13.7. The van der Waals surface area contributed by atoms with Gasteiger partial charge in [0.15, 0.2) is 0 Å². The quantitative estimate of drug-likeness (QED) is 0.347. The molecule has 7 nitrogen and oxygen atoms in total. The van der Waals surface area contributed by atoms with Crippen LogP contribution in [-0.4, -0.2) is 63.8 Å². The van der Waals surface area contributed by atoms with Crippen LogP contribution in [0.3, 0.4) is 0 Å². The molecule has 1 saturated heterocycles. The molecule has 0 spiro atoms. The van der Waals surface area contributed by atoms with E-state index in [9.17, 15) is 8.42 Å². The summed E-state index contributed by atoms with van der Waals surface area (Å²) in [6, 6.07) is 6.06. The molecule has 0 aromatic carbocycles. The number of rotatable bonds is 10. The number of nitrogens with zero attached hydrogens (tertiary/aromatic N) is 3. The number of nitrogens with one attached hydrogen (secondary N) is 1. The largest absolute Gasteiger partial charge is 0.354 e. The van der Waals surface area contributed by atoms with Crippen molar-refractivity contribution in [3.05, 3.63) is 24.4 Å². The van der Waals surface area contributed by atoms with Gasteiger partial charge in [0.2, 0.25) is 0 Å². The molecule has 0 radical (unpaired) electrons. The third kappa shape index (κ3) is 6.99. The van der Waals surface area contributed by atoms with Gasteiger partial charge in [0.25, 0.3) is 11.0 Å². The van der Waals surface area contributed by atoms with Gasteiger partial charge in [-0.1, -0.05) is 25.3 Å². The summed E-state index contributed by atoms with van der Waals surface area (Å²) >= 11 is 0. The zero-order valence-corrected chi connectivity index (χ0v) is 17.6. The Hall–Kier alpha value is -1.22. The lowest BCUT2D eigenvalue weighted by Gasteiger charge is -2.35. The molecule has 0 amide bonds. The second-order valence-corrected chi connectivity index (χ2v) is 8.48. The molecule has 0 bridgehead atoms. The van der Waals surface area contributed by atoms with E-state index in [0.29, 0.717) is 5.92 Å². The van der Waals surface area contributed by atoms with Crippen LogP contribution in [0.25, 0.3) is 0 Å². The van der Waals surface area contributed by atoms with Crippen LogP contribution in [0, 0.1) is 5.92 Å². The van der Waals surface area contributed by atoms with Crippen LogP contribution in [0.2, 0.25) is 0 Å². The molecule has 2 fully saturated rings. The number of pyridine rings is 1. The zero-order chi connectivity index (χ0) is 19.6. The Bertz CT molecular complexity index is 622. The first-order valence-corrected chi connectivity index (χ1v) is 11.7. The molecular weight excluding hydrogens is 376 g/mol. The van der Waals surface area contributed by atoms with Crippen molar-refractivity contribution in [2.75, 3.05) is 44.2 Å². The lowest BCUT2D eigenvalue weighted by atomic mass is 9.88. The van der Waals surface area contributed by atoms with Crippen LogP contribution in [0.4, 0.5) is 5.82 Å². The molecule has 28 heavy (non-hydrogen) atoms. The molecule has 3 rings (SSSR count). The number of aromatic nitrogens is 1. The molecule has 1 aromatic heterocycles. The minimum Gasteiger partial charge on any atom is -0.354 e. The fourth-order valence-electron chi connectivity index (χ4n) is 4.27. The van der Waals surface area contributed by atoms with Crippen molar-refractivity contribution in [3.63, 3.8) is 0 Å². The minimum absolute atomic E-state index is 0.321. The van der Waals surface area contributed by atoms with Crippen LogP contribution in [0.5, 0.6) is 0 Å². The van der Waals surface area contributed by atoms with Crippen LogP contribution >= 0.6 is 0 Å². The van der Waals surface area contributed by atoms with Crippen molar-refractivity contribution in [3.8, 4) is 0 Å². The van der Waals surface area contributed by atoms with Crippen LogP contribution in [0.15, 0.2) is 24.4 Å². The summed E-state index contributed by atoms with van der Waals surface area (Å²) in [5, 5.41) is 3.35. The topological polar surface area (TPSA) is 74.8 Å². The van der Waals surface area contributed by atoms with E-state index in [1.807, 2.05) is 18.3 Å². The van der Waals surface area contributed by atoms with Crippen molar-refractivity contribution < 1.29 is 12.6 Å². The highest BCUT2D eigenvalue weighted by atomic mass is 32.2. The van der Waals surface area contributed by atoms with Crippen LogP contribution in [0.1, 0.15) is 44.9 Å². The first kappa shape index (κ1) is 21.5. The maximum Gasteiger partial charge on any atom is 0.258 e. The number of piperazine rings is 1. The maximum absolute atomic E-state index is 11.0. The predicted molar refractivity (Wildman–Crippen MR) is 112 cm³/mol. The van der Waals surface area contributed by atoms with Gasteiger partial charge >= 0.3 is 0 Å². The Morgan fingerprint density at radius 1 is 1.11 bits per heavy atom. The number of hydrogen-bond donors (Lipinski definition) is 2. The van der Waals surface area contributed by atoms with Gasteiger partial charge in [-0.15, -0.1) is 0 Å². The summed E-state index contributed by atoms with van der Waals surface area (Å²) in [6.45, 7) is 6.05. The summed E-state index contributed by atoms with van der Waals surface area (Å²) in [5.74, 6) is 1.39. The number of hydrogen-bond acceptors (Lipinski definition) is 7. The van der Waals surface area contributed by atoms with Crippen LogP contribution < -0.4 is 10.2 Å². The average molecular weight is 411 g/mol. The molecule has 1 aliphatic carbocycles. The highest BCUT2D eigenvalue weighted by Gasteiger charge is 2.25. The maximum atomic E-state index is 11.0. The van der Waals surface area contributed by atoms with Crippen molar-refractivity contribution in [2.24, 2.45) is 5.92 Å². The van der Waals surface area contributed by atoms with Crippen molar-refractivity contribution >= 4 is 16.8 Å². The van der Waals surface area contributed by atoms with E-state index in [2.05, 4.69) is 26.2 Å². The van der Waals surface area contributed by atoms with Gasteiger partial charge < -0.3 is 4.90 Å². The zero-order valence-electron chi connectivity index (χ0n) is 16.7. The van der Waals surface area contributed by atoms with Crippen molar-refractivity contribution in [1.82, 2.24) is 15.2 Å². The second-order valence-electron chi connectivity index (χ2n) is 7.83. The predicted octanol–water partition coefficient (Wildman–Crippen LogP) is 2.02. The number of thiol groups is 1. The fraction of sp³-hybridized carbons (Fsp3) is 0.750. The number of anilines is 1. The van der Waals surface area contributed by atoms with Crippen LogP contribution in [-0.2, 0) is 15.2 Å². The standard InChI is InChI=1S/C20H34N4O3S/c25-28(26)27-20(18-8-2-1-3-9-18)22-12-6-7-13-23-14-16-24(17-15-23)19-10-4-5-11-21-19/h4-5,10-11,18,20,22,28H,1-3,6-9,12-17H2. The van der Waals surface area contributed by atoms with E-state index in [0.717, 1.165) is 70.8 Å². The molecule has 8 heteroatoms. The van der Waals surface area contributed by atoms with Gasteiger partial charge in [-0.25, -0.2) is 13.4 Å². The lowest BCUT2D eigenvalue weighted by molar-refractivity contribution is 0.0881. The van der Waals surface area contributed by atoms with Gasteiger partial charge in [0.05, 0.1) is 0 Å². The molecule has 1 N–H and O–H groups in total. The number of unbranched alkanes of at least 4 members (excludes halogenated alkanes) is 1. The molecule has 1 unspecified atom stereocenters. The lowest BCUT2D eigenvalue weighted by Crippen LogP contribution is -2.47. The summed E-state index contributed by atoms with van der Waals surface area (Å²) in [4.78, 5) is 9.28. The molecule has 2 heterocycles. The first-order valence-electron chi connectivity index (χ1n) is 10.7. The van der Waals surface area contributed by atoms with Crippen molar-refractivity contribution in [1.29, 1.82) is 0 Å². The normalized spacial score (nSPS) is 20.5. The molecule has 1 saturated carbocycles. The molecule has 1 aromatic rings. The summed E-state index contributed by atoms with van der Waals surface area (Å²) in [5.41, 5.74) is 0. The Labute approximate surface area is 170 Å². The van der Waals surface area contributed by atoms with E-state index in [1.54, 1.807) is 0 Å². The monoisotopic (exact) mass is 410 g/mol. The summed E-state index contributed by atoms with van der Waals surface area (Å²) in [7, 11) is -2.80. The van der Waals surface area contributed by atoms with Crippen molar-refractivity contribution in [2.45, 2.75) is 51.2 Å². The smallest absolute Gasteiger partial charge is 0.258 e. The Kier molecular flexibility index (Phi) is 8.98. The Morgan fingerprint density at radius 2 is 1.89 bits per heavy atom. The minimum atomic E-state index is -2.80. The van der Waals surface area contributed by atoms with E-state index in [1.165, 1.54) is 19.3 Å². The summed E-state index contributed by atoms with van der Waals surface area (Å²) < 4.78 is 27.2. The van der Waals surface area contributed by atoms with E-state index < -0.39 is 11.0 Å². The molecule has 2 aliphatic rings. The Morgan fingerprint density at radius 3 is 2.57 bits per heavy atom.